The van der Waals surface area contributed by atoms with Crippen LogP contribution in [0.4, 0.5) is 0 Å². The number of unbranched alkanes of at least 4 members (excludes halogenated alkanes) is 24. The van der Waals surface area contributed by atoms with Gasteiger partial charge in [0.25, 0.3) is 7.82 Å². The van der Waals surface area contributed by atoms with Crippen LogP contribution in [0.3, 0.4) is 0 Å². The van der Waals surface area contributed by atoms with Gasteiger partial charge in [-0.25, -0.2) is 0 Å². The first kappa shape index (κ1) is 50.0. The third-order valence-electron chi connectivity index (χ3n) is 9.92. The fourth-order valence-electron chi connectivity index (χ4n) is 5.96. The van der Waals surface area contributed by atoms with Crippen molar-refractivity contribution in [3.63, 3.8) is 0 Å². The topological polar surface area (TPSA) is 111 Å². The van der Waals surface area contributed by atoms with Crippen molar-refractivity contribution in [3.8, 4) is 0 Å². The van der Waals surface area contributed by atoms with Crippen LogP contribution in [0.1, 0.15) is 201 Å². The molecule has 0 rings (SSSR count). The zero-order chi connectivity index (χ0) is 37.9. The smallest absolute Gasteiger partial charge is 0.306 e. The Morgan fingerprint density at radius 1 is 0.549 bits per heavy atom. The van der Waals surface area contributed by atoms with Gasteiger partial charge in [-0.15, -0.1) is 0 Å². The fraction of sp³-hybridized carbons (Fsp3) is 0.951. The molecule has 51 heavy (non-hydrogen) atoms. The molecule has 0 aromatic carbocycles. The maximum absolute atomic E-state index is 12.6. The number of esters is 2. The van der Waals surface area contributed by atoms with E-state index in [-0.39, 0.29) is 32.0 Å². The number of carbonyl (C=O) groups excluding carboxylic acids is 2. The van der Waals surface area contributed by atoms with E-state index < -0.39 is 26.5 Å². The van der Waals surface area contributed by atoms with Crippen LogP contribution in [0.25, 0.3) is 0 Å². The van der Waals surface area contributed by atoms with Crippen molar-refractivity contribution in [3.05, 3.63) is 0 Å². The average molecular weight is 748 g/mol. The molecule has 0 N–H and O–H groups in total. The van der Waals surface area contributed by atoms with E-state index in [2.05, 4.69) is 13.8 Å². The third kappa shape index (κ3) is 35.8. The molecule has 0 bridgehead atoms. The van der Waals surface area contributed by atoms with E-state index in [1.54, 1.807) is 0 Å². The molecule has 0 aliphatic heterocycles. The highest BCUT2D eigenvalue weighted by Crippen LogP contribution is 2.38. The van der Waals surface area contributed by atoms with Crippen molar-refractivity contribution in [2.24, 2.45) is 0 Å². The minimum absolute atomic E-state index is 0.0147. The summed E-state index contributed by atoms with van der Waals surface area (Å²) in [7, 11) is -0.650. The van der Waals surface area contributed by atoms with Gasteiger partial charge in [0.05, 0.1) is 27.2 Å². The Hall–Kier alpha value is -0.990. The van der Waals surface area contributed by atoms with Gasteiger partial charge < -0.3 is 27.9 Å². The van der Waals surface area contributed by atoms with Crippen LogP contribution in [0, 0.1) is 0 Å². The molecule has 10 heteroatoms. The Bertz CT molecular complexity index is 856. The highest BCUT2D eigenvalue weighted by atomic mass is 31.2. The van der Waals surface area contributed by atoms with Crippen molar-refractivity contribution >= 4 is 19.8 Å². The van der Waals surface area contributed by atoms with E-state index in [0.29, 0.717) is 17.4 Å². The monoisotopic (exact) mass is 748 g/mol. The second-order valence-corrected chi connectivity index (χ2v) is 16.7. The number of ether oxygens (including phenoxy) is 2. The number of hydrogen-bond acceptors (Lipinski definition) is 8. The van der Waals surface area contributed by atoms with Crippen LogP contribution in [0.2, 0.25) is 0 Å². The van der Waals surface area contributed by atoms with Crippen LogP contribution in [-0.2, 0) is 32.7 Å². The van der Waals surface area contributed by atoms with Crippen molar-refractivity contribution < 1.29 is 42.1 Å². The maximum Gasteiger partial charge on any atom is 0.306 e. The molecule has 0 amide bonds. The Labute approximate surface area is 314 Å². The normalized spacial score (nSPS) is 13.6. The van der Waals surface area contributed by atoms with Gasteiger partial charge in [0.2, 0.25) is 0 Å². The van der Waals surface area contributed by atoms with Gasteiger partial charge in [-0.3, -0.25) is 14.2 Å². The second-order valence-electron chi connectivity index (χ2n) is 15.3. The first-order valence-corrected chi connectivity index (χ1v) is 22.8. The van der Waals surface area contributed by atoms with Gasteiger partial charge in [-0.2, -0.15) is 0 Å². The summed E-state index contributed by atoms with van der Waals surface area (Å²) in [6, 6.07) is 0. The fourth-order valence-corrected chi connectivity index (χ4v) is 6.69. The number of phosphoric acid groups is 1. The molecule has 2 atom stereocenters. The molecule has 0 saturated heterocycles. The highest BCUT2D eigenvalue weighted by molar-refractivity contribution is 7.45. The minimum atomic E-state index is -4.62. The summed E-state index contributed by atoms with van der Waals surface area (Å²) < 4.78 is 34.1. The molecule has 304 valence electrons. The summed E-state index contributed by atoms with van der Waals surface area (Å²) >= 11 is 0. The molecule has 9 nitrogen and oxygen atoms in total. The standard InChI is InChI=1S/C41H82NO8P/c1-6-9-11-13-15-17-19-21-23-25-27-29-31-33-40(43)47-37-39(38-49-51(45,46)48-36-35-42(4,5)8-3)50-41(44)34-32-30-28-26-24-22-20-18-16-14-12-10-7-2/h39H,6-38H2,1-5H3. The lowest BCUT2D eigenvalue weighted by Gasteiger charge is -2.30. The quantitative estimate of drug-likeness (QED) is 0.0264. The van der Waals surface area contributed by atoms with Crippen molar-refractivity contribution in [2.75, 3.05) is 47.0 Å². The molecule has 0 aromatic rings. The minimum Gasteiger partial charge on any atom is -0.756 e. The van der Waals surface area contributed by atoms with E-state index in [9.17, 15) is 19.0 Å². The van der Waals surface area contributed by atoms with Crippen molar-refractivity contribution in [1.29, 1.82) is 0 Å². The molecule has 0 aromatic heterocycles. The number of phosphoric ester groups is 1. The Kier molecular flexibility index (Phi) is 34.1. The largest absolute Gasteiger partial charge is 0.756 e. The number of hydrogen-bond donors (Lipinski definition) is 0. The Morgan fingerprint density at radius 2 is 0.922 bits per heavy atom. The average Bonchev–Trinajstić information content (AvgIpc) is 3.09. The summed E-state index contributed by atoms with van der Waals surface area (Å²) in [5.74, 6) is -0.820. The first-order chi connectivity index (χ1) is 24.5. The summed E-state index contributed by atoms with van der Waals surface area (Å²) in [6.07, 6.45) is 31.2. The van der Waals surface area contributed by atoms with Crippen LogP contribution in [0.15, 0.2) is 0 Å². The zero-order valence-corrected chi connectivity index (χ0v) is 35.0. The molecule has 0 radical (unpaired) electrons. The van der Waals surface area contributed by atoms with Gasteiger partial charge in [-0.1, -0.05) is 168 Å². The summed E-state index contributed by atoms with van der Waals surface area (Å²) in [4.78, 5) is 37.5. The highest BCUT2D eigenvalue weighted by Gasteiger charge is 2.22. The Morgan fingerprint density at radius 3 is 1.31 bits per heavy atom. The van der Waals surface area contributed by atoms with E-state index >= 15 is 0 Å². The number of likely N-dealkylation sites (N-methyl/N-ethyl adjacent to an activating group) is 1. The summed E-state index contributed by atoms with van der Waals surface area (Å²) in [5, 5.41) is 0. The molecule has 2 unspecified atom stereocenters. The van der Waals surface area contributed by atoms with Gasteiger partial charge >= 0.3 is 11.9 Å². The van der Waals surface area contributed by atoms with Gasteiger partial charge in [-0.05, 0) is 19.8 Å². The van der Waals surface area contributed by atoms with Crippen LogP contribution < -0.4 is 4.89 Å². The van der Waals surface area contributed by atoms with Crippen LogP contribution >= 0.6 is 7.82 Å². The van der Waals surface area contributed by atoms with Crippen molar-refractivity contribution in [1.82, 2.24) is 0 Å². The lowest BCUT2D eigenvalue weighted by molar-refractivity contribution is -0.888. The van der Waals surface area contributed by atoms with Gasteiger partial charge in [0.15, 0.2) is 6.10 Å². The van der Waals surface area contributed by atoms with Gasteiger partial charge in [0, 0.05) is 12.8 Å². The number of nitrogens with zero attached hydrogens (tertiary/aromatic N) is 1. The van der Waals surface area contributed by atoms with E-state index in [4.69, 9.17) is 18.5 Å². The predicted molar refractivity (Wildman–Crippen MR) is 208 cm³/mol. The molecule has 0 saturated carbocycles. The molecular formula is C41H82NO8P. The molecule has 0 aliphatic carbocycles. The zero-order valence-electron chi connectivity index (χ0n) is 34.1. The van der Waals surface area contributed by atoms with E-state index in [0.717, 1.165) is 38.6 Å². The van der Waals surface area contributed by atoms with Crippen molar-refractivity contribution in [2.45, 2.75) is 207 Å². The number of rotatable bonds is 39. The molecule has 0 fully saturated rings. The molecule has 0 aliphatic rings. The summed E-state index contributed by atoms with van der Waals surface area (Å²) in [6.45, 7) is 7.13. The second kappa shape index (κ2) is 34.8. The molecule has 0 heterocycles. The Balaban J connectivity index is 4.42. The summed E-state index contributed by atoms with van der Waals surface area (Å²) in [5.41, 5.74) is 0. The molecule has 0 spiro atoms. The van der Waals surface area contributed by atoms with Crippen LogP contribution in [0.5, 0.6) is 0 Å². The third-order valence-corrected chi connectivity index (χ3v) is 10.9. The van der Waals surface area contributed by atoms with Crippen LogP contribution in [-0.4, -0.2) is 69.5 Å². The lowest BCUT2D eigenvalue weighted by Crippen LogP contribution is -2.42. The first-order valence-electron chi connectivity index (χ1n) is 21.3. The maximum atomic E-state index is 12.6. The SMILES string of the molecule is CCCCCCCCCCCCCCCC(=O)OCC(COP(=O)([O-])OCC[N+](C)(C)CC)OC(=O)CCCCCCCCCCCCCCC. The predicted octanol–water partition coefficient (Wildman–Crippen LogP) is 11.0. The van der Waals surface area contributed by atoms with Gasteiger partial charge in [0.1, 0.15) is 19.8 Å². The molecular weight excluding hydrogens is 665 g/mol. The number of carbonyl (C=O) groups is 2. The van der Waals surface area contributed by atoms with E-state index in [1.807, 2.05) is 21.0 Å². The van der Waals surface area contributed by atoms with E-state index in [1.165, 1.54) is 128 Å². The number of quaternary nitrogens is 1. The lowest BCUT2D eigenvalue weighted by atomic mass is 10.0.